The predicted octanol–water partition coefficient (Wildman–Crippen LogP) is 0.997. The van der Waals surface area contributed by atoms with Crippen LogP contribution in [0, 0.1) is 11.8 Å². The first kappa shape index (κ1) is 9.64. The maximum Gasteiger partial charge on any atom is 0.226 e. The second-order valence-corrected chi connectivity index (χ2v) is 5.35. The Bertz CT molecular complexity index is 260. The Morgan fingerprint density at radius 3 is 2.53 bits per heavy atom. The van der Waals surface area contributed by atoms with E-state index in [-0.39, 0.29) is 0 Å². The molecule has 3 fully saturated rings. The number of piperidine rings is 2. The molecule has 2 atom stereocenters. The molecule has 2 heterocycles. The van der Waals surface area contributed by atoms with Crippen molar-refractivity contribution < 1.29 is 4.79 Å². The summed E-state index contributed by atoms with van der Waals surface area (Å²) in [5, 5.41) is 3.32. The minimum atomic E-state index is 0.325. The summed E-state index contributed by atoms with van der Waals surface area (Å²) in [5.41, 5.74) is 0. The molecule has 0 aromatic carbocycles. The van der Waals surface area contributed by atoms with Crippen molar-refractivity contribution in [1.29, 1.82) is 0 Å². The van der Waals surface area contributed by atoms with Crippen LogP contribution in [0.3, 0.4) is 0 Å². The Kier molecular flexibility index (Phi) is 2.43. The minimum Gasteiger partial charge on any atom is -0.339 e. The summed E-state index contributed by atoms with van der Waals surface area (Å²) in [5.74, 6) is 1.62. The summed E-state index contributed by atoms with van der Waals surface area (Å²) in [6.45, 7) is 3.12. The number of rotatable bonds is 1. The number of nitrogens with one attached hydrogen (secondary N) is 1. The van der Waals surface area contributed by atoms with Crippen molar-refractivity contribution in [2.24, 2.45) is 11.8 Å². The van der Waals surface area contributed by atoms with E-state index in [9.17, 15) is 4.79 Å². The van der Waals surface area contributed by atoms with Crippen molar-refractivity contribution in [2.75, 3.05) is 19.6 Å². The first-order chi connectivity index (χ1) is 7.34. The number of carbonyl (C=O) groups is 1. The smallest absolute Gasteiger partial charge is 0.226 e. The molecule has 0 spiro atoms. The maximum atomic E-state index is 12.3. The molecular formula is C12H20N2O. The van der Waals surface area contributed by atoms with Gasteiger partial charge in [0, 0.05) is 18.5 Å². The second kappa shape index (κ2) is 3.78. The van der Waals surface area contributed by atoms with Crippen LogP contribution in [0.1, 0.15) is 32.1 Å². The molecule has 2 unspecified atom stereocenters. The van der Waals surface area contributed by atoms with Crippen LogP contribution in [-0.4, -0.2) is 36.5 Å². The van der Waals surface area contributed by atoms with Gasteiger partial charge >= 0.3 is 0 Å². The van der Waals surface area contributed by atoms with Gasteiger partial charge in [0.15, 0.2) is 0 Å². The quantitative estimate of drug-likeness (QED) is 0.697. The standard InChI is InChI=1S/C12H20N2O/c15-12(10-3-5-13-6-4-10)14-8-9-1-2-11(14)7-9/h9-11,13H,1-8H2. The molecule has 1 amide bonds. The lowest BCUT2D eigenvalue weighted by Gasteiger charge is -2.32. The molecule has 3 nitrogen and oxygen atoms in total. The zero-order valence-corrected chi connectivity index (χ0v) is 9.24. The van der Waals surface area contributed by atoms with Crippen molar-refractivity contribution in [3.05, 3.63) is 0 Å². The van der Waals surface area contributed by atoms with Gasteiger partial charge in [0.25, 0.3) is 0 Å². The van der Waals surface area contributed by atoms with Crippen molar-refractivity contribution in [2.45, 2.75) is 38.1 Å². The molecule has 3 aliphatic rings. The highest BCUT2D eigenvalue weighted by atomic mass is 16.2. The fourth-order valence-corrected chi connectivity index (χ4v) is 3.50. The predicted molar refractivity (Wildman–Crippen MR) is 58.4 cm³/mol. The Morgan fingerprint density at radius 1 is 1.13 bits per heavy atom. The molecule has 1 aliphatic carbocycles. The molecule has 1 saturated carbocycles. The molecule has 1 N–H and O–H groups in total. The maximum absolute atomic E-state index is 12.3. The number of carbonyl (C=O) groups excluding carboxylic acids is 1. The molecule has 2 saturated heterocycles. The Hall–Kier alpha value is -0.570. The fraction of sp³-hybridized carbons (Fsp3) is 0.917. The monoisotopic (exact) mass is 208 g/mol. The molecule has 3 rings (SSSR count). The first-order valence-electron chi connectivity index (χ1n) is 6.36. The van der Waals surface area contributed by atoms with Crippen LogP contribution in [0.2, 0.25) is 0 Å². The lowest BCUT2D eigenvalue weighted by atomic mass is 9.95. The SMILES string of the molecule is O=C(C1CCNCC1)N1CC2CCC1C2. The van der Waals surface area contributed by atoms with Crippen LogP contribution in [0.15, 0.2) is 0 Å². The number of hydrogen-bond acceptors (Lipinski definition) is 2. The van der Waals surface area contributed by atoms with Gasteiger partial charge in [-0.3, -0.25) is 4.79 Å². The van der Waals surface area contributed by atoms with E-state index >= 15 is 0 Å². The summed E-state index contributed by atoms with van der Waals surface area (Å²) in [6.07, 6.45) is 6.01. The van der Waals surface area contributed by atoms with Gasteiger partial charge in [-0.1, -0.05) is 0 Å². The molecule has 0 aromatic rings. The van der Waals surface area contributed by atoms with E-state index in [4.69, 9.17) is 0 Å². The molecule has 84 valence electrons. The van der Waals surface area contributed by atoms with Crippen LogP contribution in [0.4, 0.5) is 0 Å². The van der Waals surface area contributed by atoms with E-state index in [0.717, 1.165) is 38.4 Å². The highest BCUT2D eigenvalue weighted by Crippen LogP contribution is 2.38. The lowest BCUT2D eigenvalue weighted by Crippen LogP contribution is -2.44. The second-order valence-electron chi connectivity index (χ2n) is 5.35. The molecular weight excluding hydrogens is 188 g/mol. The third-order valence-electron chi connectivity index (χ3n) is 4.38. The topological polar surface area (TPSA) is 32.3 Å². The van der Waals surface area contributed by atoms with Crippen LogP contribution >= 0.6 is 0 Å². The largest absolute Gasteiger partial charge is 0.339 e. The summed E-state index contributed by atoms with van der Waals surface area (Å²) >= 11 is 0. The van der Waals surface area contributed by atoms with Gasteiger partial charge in [-0.25, -0.2) is 0 Å². The fourth-order valence-electron chi connectivity index (χ4n) is 3.50. The van der Waals surface area contributed by atoms with Gasteiger partial charge in [-0.2, -0.15) is 0 Å². The van der Waals surface area contributed by atoms with E-state index in [2.05, 4.69) is 10.2 Å². The van der Waals surface area contributed by atoms with Crippen LogP contribution in [-0.2, 0) is 4.79 Å². The van der Waals surface area contributed by atoms with Gasteiger partial charge in [0.05, 0.1) is 0 Å². The Morgan fingerprint density at radius 2 is 1.93 bits per heavy atom. The average molecular weight is 208 g/mol. The number of fused-ring (bicyclic) bond motifs is 2. The van der Waals surface area contributed by atoms with Crippen LogP contribution < -0.4 is 5.32 Å². The minimum absolute atomic E-state index is 0.325. The normalized spacial score (nSPS) is 36.1. The Labute approximate surface area is 91.2 Å². The third kappa shape index (κ3) is 1.67. The average Bonchev–Trinajstić information content (AvgIpc) is 2.91. The summed E-state index contributed by atoms with van der Waals surface area (Å²) in [4.78, 5) is 14.5. The van der Waals surface area contributed by atoms with Crippen molar-refractivity contribution in [1.82, 2.24) is 10.2 Å². The van der Waals surface area contributed by atoms with Gasteiger partial charge in [-0.05, 0) is 51.1 Å². The molecule has 15 heavy (non-hydrogen) atoms. The first-order valence-corrected chi connectivity index (χ1v) is 6.36. The molecule has 3 heteroatoms. The Balaban J connectivity index is 1.64. The summed E-state index contributed by atoms with van der Waals surface area (Å²) < 4.78 is 0. The molecule has 2 aliphatic heterocycles. The number of hydrogen-bond donors (Lipinski definition) is 1. The number of likely N-dealkylation sites (tertiary alicyclic amines) is 1. The third-order valence-corrected chi connectivity index (χ3v) is 4.38. The molecule has 0 aromatic heterocycles. The van der Waals surface area contributed by atoms with E-state index < -0.39 is 0 Å². The van der Waals surface area contributed by atoms with E-state index in [1.807, 2.05) is 0 Å². The van der Waals surface area contributed by atoms with Crippen molar-refractivity contribution >= 4 is 5.91 Å². The highest BCUT2D eigenvalue weighted by Gasteiger charge is 2.41. The van der Waals surface area contributed by atoms with Gasteiger partial charge < -0.3 is 10.2 Å². The zero-order chi connectivity index (χ0) is 10.3. The summed E-state index contributed by atoms with van der Waals surface area (Å²) in [6, 6.07) is 0.609. The van der Waals surface area contributed by atoms with Crippen molar-refractivity contribution in [3.63, 3.8) is 0 Å². The van der Waals surface area contributed by atoms with Gasteiger partial charge in [-0.15, -0.1) is 0 Å². The molecule has 0 radical (unpaired) electrons. The van der Waals surface area contributed by atoms with Crippen molar-refractivity contribution in [3.8, 4) is 0 Å². The van der Waals surface area contributed by atoms with Crippen LogP contribution in [0.25, 0.3) is 0 Å². The lowest BCUT2D eigenvalue weighted by molar-refractivity contribution is -0.138. The van der Waals surface area contributed by atoms with Gasteiger partial charge in [0.2, 0.25) is 5.91 Å². The number of nitrogens with zero attached hydrogens (tertiary/aromatic N) is 1. The zero-order valence-electron chi connectivity index (χ0n) is 9.24. The van der Waals surface area contributed by atoms with Gasteiger partial charge in [0.1, 0.15) is 0 Å². The summed E-state index contributed by atoms with van der Waals surface area (Å²) in [7, 11) is 0. The number of amides is 1. The van der Waals surface area contributed by atoms with E-state index in [1.165, 1.54) is 19.3 Å². The van der Waals surface area contributed by atoms with E-state index in [0.29, 0.717) is 17.9 Å². The molecule has 2 bridgehead atoms. The highest BCUT2D eigenvalue weighted by molar-refractivity contribution is 5.79. The van der Waals surface area contributed by atoms with E-state index in [1.54, 1.807) is 0 Å². The van der Waals surface area contributed by atoms with Crippen LogP contribution in [0.5, 0.6) is 0 Å².